The van der Waals surface area contributed by atoms with Gasteiger partial charge in [-0.25, -0.2) is 28.5 Å². The molecule has 0 radical (unpaired) electrons. The van der Waals surface area contributed by atoms with E-state index in [1.807, 2.05) is 55.4 Å². The lowest BCUT2D eigenvalue weighted by Crippen LogP contribution is -2.35. The fraction of sp³-hybridized carbons (Fsp3) is 0.692. The third-order valence-electron chi connectivity index (χ3n) is 6.59. The fourth-order valence-corrected chi connectivity index (χ4v) is 4.61. The summed E-state index contributed by atoms with van der Waals surface area (Å²) in [4.78, 5) is 49.0. The van der Waals surface area contributed by atoms with Crippen LogP contribution in [0.5, 0.6) is 0 Å². The van der Waals surface area contributed by atoms with Gasteiger partial charge in [0.25, 0.3) is 0 Å². The van der Waals surface area contributed by atoms with Crippen LogP contribution in [0.3, 0.4) is 0 Å². The number of ether oxygens (including phenoxy) is 2. The lowest BCUT2D eigenvalue weighted by Gasteiger charge is -2.24. The van der Waals surface area contributed by atoms with Crippen molar-refractivity contribution in [2.45, 2.75) is 78.7 Å². The highest BCUT2D eigenvalue weighted by Gasteiger charge is 2.38. The van der Waals surface area contributed by atoms with E-state index in [1.165, 1.54) is 21.8 Å². The Morgan fingerprint density at radius 2 is 1.02 bits per heavy atom. The Kier molecular flexibility index (Phi) is 9.47. The zero-order valence-electron chi connectivity index (χ0n) is 25.2. The van der Waals surface area contributed by atoms with Crippen LogP contribution in [0.2, 0.25) is 0 Å². The molecule has 2 aromatic heterocycles. The molecule has 232 valence electrons. The van der Waals surface area contributed by atoms with Gasteiger partial charge < -0.3 is 29.5 Å². The third-order valence-corrected chi connectivity index (χ3v) is 6.59. The van der Waals surface area contributed by atoms with Gasteiger partial charge in [0.1, 0.15) is 11.2 Å². The highest BCUT2D eigenvalue weighted by atomic mass is 16.6. The highest BCUT2D eigenvalue weighted by Crippen LogP contribution is 2.29. The molecular weight excluding hydrogens is 552 g/mol. The van der Waals surface area contributed by atoms with Crippen LogP contribution in [0.15, 0.2) is 12.4 Å². The van der Waals surface area contributed by atoms with Gasteiger partial charge in [-0.05, 0) is 53.4 Å². The summed E-state index contributed by atoms with van der Waals surface area (Å²) in [5.74, 6) is -1.95. The molecule has 0 spiro atoms. The van der Waals surface area contributed by atoms with Gasteiger partial charge in [0, 0.05) is 26.2 Å². The molecule has 2 aliphatic rings. The minimum absolute atomic E-state index is 0.0990. The van der Waals surface area contributed by atoms with Gasteiger partial charge in [-0.1, -0.05) is 24.3 Å². The SMILES string of the molecule is C[C@@H]1CN(C(=O)OC(C)(C)C)C[C@H]1n1cc(C(=O)O)nn1.C[C@H]1CN(C(=O)OC(C)(C)C)C[C@@H]1n1cc(C(=O)O)nn1. The van der Waals surface area contributed by atoms with Gasteiger partial charge >= 0.3 is 24.1 Å². The molecule has 42 heavy (non-hydrogen) atoms. The summed E-state index contributed by atoms with van der Waals surface area (Å²) in [6.07, 6.45) is 2.05. The van der Waals surface area contributed by atoms with Crippen LogP contribution in [0.4, 0.5) is 9.59 Å². The summed E-state index contributed by atoms with van der Waals surface area (Å²) < 4.78 is 13.7. The Bertz CT molecular complexity index is 1200. The molecule has 0 unspecified atom stereocenters. The largest absolute Gasteiger partial charge is 0.476 e. The van der Waals surface area contributed by atoms with Crippen molar-refractivity contribution in [3.8, 4) is 0 Å². The first kappa shape index (κ1) is 32.3. The average Bonchev–Trinajstić information content (AvgIpc) is 3.62. The number of hydrogen-bond acceptors (Lipinski definition) is 10. The van der Waals surface area contributed by atoms with E-state index in [2.05, 4.69) is 20.6 Å². The Labute approximate surface area is 243 Å². The third kappa shape index (κ3) is 8.39. The normalized spacial score (nSPS) is 22.4. The Hall–Kier alpha value is -4.24. The number of hydrogen-bond donors (Lipinski definition) is 2. The van der Waals surface area contributed by atoms with E-state index < -0.39 is 23.1 Å². The number of carboxylic acids is 2. The van der Waals surface area contributed by atoms with Crippen LogP contribution in [-0.2, 0) is 9.47 Å². The molecule has 2 aliphatic heterocycles. The van der Waals surface area contributed by atoms with Gasteiger partial charge in [0.05, 0.1) is 24.5 Å². The number of carbonyl (C=O) groups is 4. The molecule has 0 saturated carbocycles. The molecule has 2 N–H and O–H groups in total. The lowest BCUT2D eigenvalue weighted by molar-refractivity contribution is 0.0274. The maximum absolute atomic E-state index is 12.1. The second-order valence-electron chi connectivity index (χ2n) is 12.6. The minimum Gasteiger partial charge on any atom is -0.476 e. The van der Waals surface area contributed by atoms with E-state index in [0.717, 1.165) is 0 Å². The standard InChI is InChI=1S/2C13H20N4O4/c2*1-8-5-16(12(20)21-13(2,3)4)7-10(8)17-6-9(11(18)19)14-15-17/h2*6,8,10H,5,7H2,1-4H3,(H,18,19)/t2*8-,10-/m10/s1. The van der Waals surface area contributed by atoms with Crippen molar-refractivity contribution < 1.29 is 38.9 Å². The van der Waals surface area contributed by atoms with Gasteiger partial charge in [0.2, 0.25) is 0 Å². The molecule has 0 aromatic carbocycles. The monoisotopic (exact) mass is 592 g/mol. The van der Waals surface area contributed by atoms with E-state index in [4.69, 9.17) is 19.7 Å². The summed E-state index contributed by atoms with van der Waals surface area (Å²) in [7, 11) is 0. The smallest absolute Gasteiger partial charge is 0.410 e. The first-order valence-electron chi connectivity index (χ1n) is 13.6. The summed E-state index contributed by atoms with van der Waals surface area (Å²) in [6.45, 7) is 16.8. The van der Waals surface area contributed by atoms with Crippen LogP contribution < -0.4 is 0 Å². The van der Waals surface area contributed by atoms with Crippen molar-refractivity contribution in [3.63, 3.8) is 0 Å². The number of likely N-dealkylation sites (tertiary alicyclic amines) is 2. The number of amides is 2. The van der Waals surface area contributed by atoms with Gasteiger partial charge in [-0.15, -0.1) is 10.2 Å². The van der Waals surface area contributed by atoms with Crippen LogP contribution >= 0.6 is 0 Å². The van der Waals surface area contributed by atoms with E-state index in [9.17, 15) is 19.2 Å². The Morgan fingerprint density at radius 1 is 0.690 bits per heavy atom. The molecule has 0 bridgehead atoms. The summed E-state index contributed by atoms with van der Waals surface area (Å²) in [6, 6.07) is -0.198. The quantitative estimate of drug-likeness (QED) is 0.528. The molecular formula is C26H40N8O8. The van der Waals surface area contributed by atoms with Crippen LogP contribution in [-0.4, -0.2) is 112 Å². The van der Waals surface area contributed by atoms with Crippen LogP contribution in [0, 0.1) is 11.8 Å². The number of aromatic nitrogens is 6. The van der Waals surface area contributed by atoms with E-state index >= 15 is 0 Å². The fourth-order valence-electron chi connectivity index (χ4n) is 4.61. The molecule has 2 saturated heterocycles. The number of carboxylic acid groups (broad SMARTS) is 2. The molecule has 16 nitrogen and oxygen atoms in total. The van der Waals surface area contributed by atoms with Crippen molar-refractivity contribution in [2.24, 2.45) is 11.8 Å². The van der Waals surface area contributed by atoms with Crippen molar-refractivity contribution >= 4 is 24.1 Å². The van der Waals surface area contributed by atoms with Gasteiger partial charge in [-0.2, -0.15) is 0 Å². The molecule has 0 aliphatic carbocycles. The number of nitrogens with zero attached hydrogens (tertiary/aromatic N) is 8. The van der Waals surface area contributed by atoms with E-state index in [0.29, 0.717) is 26.2 Å². The predicted octanol–water partition coefficient (Wildman–Crippen LogP) is 2.81. The summed E-state index contributed by atoms with van der Waals surface area (Å²) in [5, 5.41) is 32.6. The van der Waals surface area contributed by atoms with E-state index in [1.54, 1.807) is 9.80 Å². The second kappa shape index (κ2) is 12.3. The number of rotatable bonds is 4. The van der Waals surface area contributed by atoms with Crippen molar-refractivity contribution in [1.82, 2.24) is 39.8 Å². The Morgan fingerprint density at radius 3 is 1.29 bits per heavy atom. The molecule has 2 aromatic rings. The molecule has 2 fully saturated rings. The molecule has 2 amide bonds. The van der Waals surface area contributed by atoms with Crippen molar-refractivity contribution in [3.05, 3.63) is 23.8 Å². The number of carbonyl (C=O) groups excluding carboxylic acids is 2. The first-order chi connectivity index (χ1) is 19.3. The molecule has 4 rings (SSSR count). The van der Waals surface area contributed by atoms with Gasteiger partial charge in [0.15, 0.2) is 11.4 Å². The second-order valence-corrected chi connectivity index (χ2v) is 12.6. The van der Waals surface area contributed by atoms with Crippen LogP contribution in [0.1, 0.15) is 88.5 Å². The summed E-state index contributed by atoms with van der Waals surface area (Å²) >= 11 is 0. The molecule has 4 atom stereocenters. The molecule has 16 heteroatoms. The zero-order valence-corrected chi connectivity index (χ0v) is 25.2. The maximum atomic E-state index is 12.1. The lowest BCUT2D eigenvalue weighted by atomic mass is 10.1. The minimum atomic E-state index is -1.11. The molecule has 4 heterocycles. The zero-order chi connectivity index (χ0) is 31.6. The average molecular weight is 593 g/mol. The topological polar surface area (TPSA) is 195 Å². The summed E-state index contributed by atoms with van der Waals surface area (Å²) in [5.41, 5.74) is -1.28. The van der Waals surface area contributed by atoms with E-state index in [-0.39, 0.29) is 47.5 Å². The van der Waals surface area contributed by atoms with Crippen molar-refractivity contribution in [2.75, 3.05) is 26.2 Å². The number of aromatic carboxylic acids is 2. The predicted molar refractivity (Wildman–Crippen MR) is 146 cm³/mol. The first-order valence-corrected chi connectivity index (χ1v) is 13.6. The maximum Gasteiger partial charge on any atom is 0.410 e. The van der Waals surface area contributed by atoms with Gasteiger partial charge in [-0.3, -0.25) is 0 Å². The van der Waals surface area contributed by atoms with Crippen LogP contribution in [0.25, 0.3) is 0 Å². The Balaban J connectivity index is 0.000000230. The van der Waals surface area contributed by atoms with Crippen molar-refractivity contribution in [1.29, 1.82) is 0 Å². The highest BCUT2D eigenvalue weighted by molar-refractivity contribution is 5.85.